The minimum absolute atomic E-state index is 0.163. The predicted molar refractivity (Wildman–Crippen MR) is 64.0 cm³/mol. The third-order valence-corrected chi connectivity index (χ3v) is 3.59. The summed E-state index contributed by atoms with van der Waals surface area (Å²) in [5.74, 6) is 0. The maximum atomic E-state index is 8.52. The van der Waals surface area contributed by atoms with Crippen LogP contribution in [0.2, 0.25) is 4.34 Å². The minimum atomic E-state index is 0.163. The van der Waals surface area contributed by atoms with Crippen LogP contribution in [0.3, 0.4) is 0 Å². The topological polar surface area (TPSA) is 53.0 Å². The van der Waals surface area contributed by atoms with Crippen molar-refractivity contribution in [1.82, 2.24) is 4.90 Å². The smallest absolute Gasteiger partial charge is 0.0931 e. The quantitative estimate of drug-likeness (QED) is 0.863. The number of thiophene rings is 1. The van der Waals surface area contributed by atoms with Gasteiger partial charge in [0.05, 0.1) is 16.4 Å². The number of nitriles is 1. The molecule has 0 aliphatic heterocycles. The molecule has 1 rings (SSSR count). The molecule has 0 fully saturated rings. The Labute approximate surface area is 99.1 Å². The Bertz CT molecular complexity index is 345. The third kappa shape index (κ3) is 3.47. The summed E-state index contributed by atoms with van der Waals surface area (Å²) in [5, 5.41) is 8.52. The fourth-order valence-electron chi connectivity index (χ4n) is 1.40. The van der Waals surface area contributed by atoms with Crippen molar-refractivity contribution in [2.75, 3.05) is 20.1 Å². The lowest BCUT2D eigenvalue weighted by molar-refractivity contribution is 0.259. The van der Waals surface area contributed by atoms with E-state index in [9.17, 15) is 0 Å². The molecule has 3 nitrogen and oxygen atoms in total. The second-order valence-electron chi connectivity index (χ2n) is 3.28. The van der Waals surface area contributed by atoms with Crippen molar-refractivity contribution in [2.45, 2.75) is 12.5 Å². The number of hydrogen-bond acceptors (Lipinski definition) is 4. The van der Waals surface area contributed by atoms with Gasteiger partial charge in [-0.25, -0.2) is 0 Å². The van der Waals surface area contributed by atoms with E-state index in [1.807, 2.05) is 19.2 Å². The molecule has 0 aromatic carbocycles. The summed E-state index contributed by atoms with van der Waals surface area (Å²) in [5.41, 5.74) is 5.73. The monoisotopic (exact) mass is 243 g/mol. The van der Waals surface area contributed by atoms with Gasteiger partial charge in [-0.05, 0) is 19.2 Å². The average Bonchev–Trinajstić information content (AvgIpc) is 2.63. The van der Waals surface area contributed by atoms with Gasteiger partial charge in [-0.1, -0.05) is 11.6 Å². The highest BCUT2D eigenvalue weighted by atomic mass is 35.5. The Balaban J connectivity index is 2.67. The molecule has 15 heavy (non-hydrogen) atoms. The summed E-state index contributed by atoms with van der Waals surface area (Å²) in [7, 11) is 1.97. The predicted octanol–water partition coefficient (Wildman–Crippen LogP) is 2.25. The normalized spacial score (nSPS) is 12.7. The van der Waals surface area contributed by atoms with Crippen molar-refractivity contribution in [3.8, 4) is 6.07 Å². The first-order chi connectivity index (χ1) is 7.19. The van der Waals surface area contributed by atoms with Gasteiger partial charge in [0.1, 0.15) is 0 Å². The van der Waals surface area contributed by atoms with Crippen LogP contribution in [0.25, 0.3) is 0 Å². The number of rotatable bonds is 5. The van der Waals surface area contributed by atoms with Crippen molar-refractivity contribution >= 4 is 22.9 Å². The van der Waals surface area contributed by atoms with Gasteiger partial charge in [0.15, 0.2) is 0 Å². The van der Waals surface area contributed by atoms with E-state index in [1.54, 1.807) is 11.3 Å². The summed E-state index contributed by atoms with van der Waals surface area (Å²) in [4.78, 5) is 3.24. The van der Waals surface area contributed by atoms with Crippen LogP contribution < -0.4 is 5.73 Å². The molecule has 1 atom stereocenters. The Morgan fingerprint density at radius 1 is 1.67 bits per heavy atom. The van der Waals surface area contributed by atoms with Crippen LogP contribution in [0.5, 0.6) is 0 Å². The van der Waals surface area contributed by atoms with Gasteiger partial charge >= 0.3 is 0 Å². The summed E-state index contributed by atoms with van der Waals surface area (Å²) >= 11 is 7.42. The molecular weight excluding hydrogens is 230 g/mol. The molecule has 1 unspecified atom stereocenters. The highest BCUT2D eigenvalue weighted by Crippen LogP contribution is 2.29. The van der Waals surface area contributed by atoms with Crippen LogP contribution in [0.4, 0.5) is 0 Å². The van der Waals surface area contributed by atoms with E-state index in [2.05, 4.69) is 11.0 Å². The first kappa shape index (κ1) is 12.5. The number of hydrogen-bond donors (Lipinski definition) is 1. The molecule has 0 saturated heterocycles. The summed E-state index contributed by atoms with van der Waals surface area (Å²) < 4.78 is 0.775. The molecule has 1 heterocycles. The van der Waals surface area contributed by atoms with Gasteiger partial charge in [0.25, 0.3) is 0 Å². The van der Waals surface area contributed by atoms with Crippen molar-refractivity contribution in [2.24, 2.45) is 5.73 Å². The molecular formula is C10H14ClN3S. The molecule has 82 valence electrons. The van der Waals surface area contributed by atoms with Crippen LogP contribution in [0, 0.1) is 11.3 Å². The number of likely N-dealkylation sites (N-methyl/N-ethyl adjacent to an activating group) is 1. The van der Waals surface area contributed by atoms with Gasteiger partial charge in [0, 0.05) is 24.4 Å². The molecule has 0 saturated carbocycles. The summed E-state index contributed by atoms with van der Waals surface area (Å²) in [6.45, 7) is 1.27. The van der Waals surface area contributed by atoms with Crippen LogP contribution in [0.1, 0.15) is 17.3 Å². The Morgan fingerprint density at radius 2 is 2.40 bits per heavy atom. The lowest BCUT2D eigenvalue weighted by atomic mass is 10.2. The molecule has 0 aliphatic carbocycles. The van der Waals surface area contributed by atoms with Crippen molar-refractivity contribution in [1.29, 1.82) is 5.26 Å². The van der Waals surface area contributed by atoms with E-state index in [-0.39, 0.29) is 6.04 Å². The lowest BCUT2D eigenvalue weighted by Crippen LogP contribution is -2.30. The minimum Gasteiger partial charge on any atom is -0.329 e. The third-order valence-electron chi connectivity index (χ3n) is 2.25. The largest absolute Gasteiger partial charge is 0.329 e. The molecule has 5 heteroatoms. The molecule has 0 amide bonds. The van der Waals surface area contributed by atoms with E-state index >= 15 is 0 Å². The average molecular weight is 244 g/mol. The molecule has 0 bridgehead atoms. The molecule has 1 aromatic rings. The zero-order chi connectivity index (χ0) is 11.3. The lowest BCUT2D eigenvalue weighted by Gasteiger charge is -2.24. The van der Waals surface area contributed by atoms with Crippen molar-refractivity contribution in [3.63, 3.8) is 0 Å². The Kier molecular flexibility index (Phi) is 5.06. The zero-order valence-electron chi connectivity index (χ0n) is 8.61. The van der Waals surface area contributed by atoms with Gasteiger partial charge in [-0.15, -0.1) is 11.3 Å². The maximum Gasteiger partial charge on any atom is 0.0931 e. The van der Waals surface area contributed by atoms with E-state index in [4.69, 9.17) is 22.6 Å². The highest BCUT2D eigenvalue weighted by Gasteiger charge is 2.16. The summed E-state index contributed by atoms with van der Waals surface area (Å²) in [6, 6.07) is 6.16. The van der Waals surface area contributed by atoms with Crippen LogP contribution >= 0.6 is 22.9 Å². The van der Waals surface area contributed by atoms with Crippen molar-refractivity contribution in [3.05, 3.63) is 21.3 Å². The van der Waals surface area contributed by atoms with Crippen LogP contribution in [-0.2, 0) is 0 Å². The van der Waals surface area contributed by atoms with E-state index in [1.165, 1.54) is 0 Å². The van der Waals surface area contributed by atoms with Crippen LogP contribution in [0.15, 0.2) is 12.1 Å². The van der Waals surface area contributed by atoms with E-state index in [0.29, 0.717) is 13.0 Å². The first-order valence-corrected chi connectivity index (χ1v) is 5.91. The number of nitrogens with zero attached hydrogens (tertiary/aromatic N) is 2. The summed E-state index contributed by atoms with van der Waals surface area (Å²) in [6.07, 6.45) is 0.520. The second kappa shape index (κ2) is 6.09. The number of nitrogens with two attached hydrogens (primary N) is 1. The number of halogens is 1. The molecule has 1 aromatic heterocycles. The van der Waals surface area contributed by atoms with Gasteiger partial charge in [0.2, 0.25) is 0 Å². The molecule has 0 aliphatic rings. The van der Waals surface area contributed by atoms with Gasteiger partial charge in [-0.3, -0.25) is 4.90 Å². The zero-order valence-corrected chi connectivity index (χ0v) is 10.2. The molecule has 0 radical (unpaired) electrons. The maximum absolute atomic E-state index is 8.52. The van der Waals surface area contributed by atoms with Gasteiger partial charge < -0.3 is 5.73 Å². The first-order valence-electron chi connectivity index (χ1n) is 4.71. The highest BCUT2D eigenvalue weighted by molar-refractivity contribution is 7.16. The molecule has 0 spiro atoms. The van der Waals surface area contributed by atoms with Crippen LogP contribution in [-0.4, -0.2) is 25.0 Å². The fraction of sp³-hybridized carbons (Fsp3) is 0.500. The molecule has 2 N–H and O–H groups in total. The SMILES string of the molecule is CN(CCC#N)C(CN)c1ccc(Cl)s1. The van der Waals surface area contributed by atoms with E-state index < -0.39 is 0 Å². The second-order valence-corrected chi connectivity index (χ2v) is 5.03. The van der Waals surface area contributed by atoms with Crippen molar-refractivity contribution < 1.29 is 0 Å². The fourth-order valence-corrected chi connectivity index (χ4v) is 2.64. The van der Waals surface area contributed by atoms with E-state index in [0.717, 1.165) is 15.8 Å². The standard InChI is InChI=1S/C10H14ClN3S/c1-14(6-2-5-12)8(7-13)9-3-4-10(11)15-9/h3-4,8H,2,6-7,13H2,1H3. The van der Waals surface area contributed by atoms with Gasteiger partial charge in [-0.2, -0.15) is 5.26 Å². The Hall–Kier alpha value is -0.600. The Morgan fingerprint density at radius 3 is 2.87 bits per heavy atom.